The van der Waals surface area contributed by atoms with Crippen LogP contribution < -0.4 is 5.32 Å². The summed E-state index contributed by atoms with van der Waals surface area (Å²) in [5.41, 5.74) is 0.0706. The van der Waals surface area contributed by atoms with Crippen LogP contribution in [-0.2, 0) is 4.79 Å². The summed E-state index contributed by atoms with van der Waals surface area (Å²) in [6.45, 7) is 2.18. The maximum Gasteiger partial charge on any atom is 0.269 e. The summed E-state index contributed by atoms with van der Waals surface area (Å²) in [5.74, 6) is 0.388. The lowest BCUT2D eigenvalue weighted by atomic mass is 10.1. The van der Waals surface area contributed by atoms with Crippen LogP contribution in [0.2, 0.25) is 0 Å². The molecule has 1 saturated carbocycles. The largest absolute Gasteiger partial charge is 0.353 e. The van der Waals surface area contributed by atoms with Gasteiger partial charge in [0.25, 0.3) is 5.69 Å². The average molecular weight is 335 g/mol. The van der Waals surface area contributed by atoms with E-state index in [0.29, 0.717) is 5.75 Å². The molecule has 0 spiro atoms. The molecule has 0 unspecified atom stereocenters. The molecule has 7 heteroatoms. The topological polar surface area (TPSA) is 75.5 Å². The second-order valence-corrected chi connectivity index (χ2v) is 7.20. The zero-order valence-electron chi connectivity index (χ0n) is 12.9. The number of nitro groups is 1. The Bertz CT molecular complexity index is 566. The minimum atomic E-state index is -0.421. The van der Waals surface area contributed by atoms with Gasteiger partial charge in [-0.25, -0.2) is 0 Å². The van der Waals surface area contributed by atoms with Crippen molar-refractivity contribution in [2.75, 3.05) is 18.8 Å². The molecule has 1 aliphatic carbocycles. The van der Waals surface area contributed by atoms with Crippen LogP contribution in [0.15, 0.2) is 29.2 Å². The van der Waals surface area contributed by atoms with Crippen LogP contribution in [0.1, 0.15) is 25.7 Å². The molecule has 0 atom stereocenters. The van der Waals surface area contributed by atoms with E-state index in [1.165, 1.54) is 36.7 Å². The van der Waals surface area contributed by atoms with E-state index in [0.717, 1.165) is 36.9 Å². The number of likely N-dealkylation sites (tertiary alicyclic amines) is 1. The highest BCUT2D eigenvalue weighted by Crippen LogP contribution is 2.29. The van der Waals surface area contributed by atoms with Gasteiger partial charge in [0.05, 0.1) is 10.7 Å². The van der Waals surface area contributed by atoms with Crippen molar-refractivity contribution in [1.82, 2.24) is 10.2 Å². The van der Waals surface area contributed by atoms with Crippen molar-refractivity contribution in [2.24, 2.45) is 0 Å². The van der Waals surface area contributed by atoms with Gasteiger partial charge in [-0.05, 0) is 37.8 Å². The Balaban J connectivity index is 1.38. The second kappa shape index (κ2) is 7.31. The molecular formula is C16H21N3O3S. The lowest BCUT2D eigenvalue weighted by molar-refractivity contribution is -0.384. The molecule has 2 aliphatic rings. The van der Waals surface area contributed by atoms with Crippen LogP contribution in [0.4, 0.5) is 5.69 Å². The number of thioether (sulfide) groups is 1. The summed E-state index contributed by atoms with van der Waals surface area (Å²) in [4.78, 5) is 25.6. The van der Waals surface area contributed by atoms with Crippen LogP contribution in [0, 0.1) is 10.1 Å². The summed E-state index contributed by atoms with van der Waals surface area (Å²) < 4.78 is 0. The van der Waals surface area contributed by atoms with Gasteiger partial charge < -0.3 is 10.2 Å². The van der Waals surface area contributed by atoms with Crippen molar-refractivity contribution >= 4 is 23.4 Å². The zero-order chi connectivity index (χ0) is 16.2. The Hall–Kier alpha value is -1.60. The predicted octanol–water partition coefficient (Wildman–Crippen LogP) is 2.43. The summed E-state index contributed by atoms with van der Waals surface area (Å²) in [7, 11) is 0. The fraction of sp³-hybridized carbons (Fsp3) is 0.562. The molecule has 1 aromatic rings. The molecule has 1 heterocycles. The monoisotopic (exact) mass is 335 g/mol. The van der Waals surface area contributed by atoms with Crippen LogP contribution >= 0.6 is 11.8 Å². The van der Waals surface area contributed by atoms with Gasteiger partial charge in [0.1, 0.15) is 0 Å². The van der Waals surface area contributed by atoms with Crippen LogP contribution in [-0.4, -0.2) is 46.7 Å². The number of hydrogen-bond acceptors (Lipinski definition) is 5. The van der Waals surface area contributed by atoms with Crippen LogP contribution in [0.25, 0.3) is 0 Å². The number of piperidine rings is 1. The standard InChI is InChI=1S/C16H21N3O3S/c20-16(11-23-15-5-3-14(4-6-15)19(21)22)17-12-7-9-18(10-8-12)13-1-2-13/h3-6,12-13H,1-2,7-11H2,(H,17,20). The molecule has 1 amide bonds. The molecule has 1 N–H and O–H groups in total. The molecule has 124 valence electrons. The van der Waals surface area contributed by atoms with E-state index in [-0.39, 0.29) is 17.6 Å². The molecule has 0 aromatic heterocycles. The third-order valence-electron chi connectivity index (χ3n) is 4.38. The minimum Gasteiger partial charge on any atom is -0.353 e. The highest BCUT2D eigenvalue weighted by molar-refractivity contribution is 8.00. The molecule has 3 rings (SSSR count). The van der Waals surface area contributed by atoms with Crippen molar-refractivity contribution in [2.45, 2.75) is 42.7 Å². The molecule has 2 fully saturated rings. The minimum absolute atomic E-state index is 0.0400. The molecule has 23 heavy (non-hydrogen) atoms. The van der Waals surface area contributed by atoms with Gasteiger partial charge in [0.2, 0.25) is 5.91 Å². The predicted molar refractivity (Wildman–Crippen MR) is 89.6 cm³/mol. The van der Waals surface area contributed by atoms with Crippen molar-refractivity contribution in [3.8, 4) is 0 Å². The van der Waals surface area contributed by atoms with Crippen molar-refractivity contribution in [3.05, 3.63) is 34.4 Å². The number of non-ortho nitro benzene ring substituents is 1. The first-order chi connectivity index (χ1) is 11.1. The first-order valence-electron chi connectivity index (χ1n) is 8.02. The Morgan fingerprint density at radius 3 is 2.43 bits per heavy atom. The number of carbonyl (C=O) groups excluding carboxylic acids is 1. The first-order valence-corrected chi connectivity index (χ1v) is 9.01. The lowest BCUT2D eigenvalue weighted by Gasteiger charge is -2.32. The summed E-state index contributed by atoms with van der Waals surface area (Å²) >= 11 is 1.41. The van der Waals surface area contributed by atoms with Crippen LogP contribution in [0.3, 0.4) is 0 Å². The Kier molecular flexibility index (Phi) is 5.17. The summed E-state index contributed by atoms with van der Waals surface area (Å²) in [6, 6.07) is 7.40. The Morgan fingerprint density at radius 1 is 1.22 bits per heavy atom. The Morgan fingerprint density at radius 2 is 1.87 bits per heavy atom. The van der Waals surface area contributed by atoms with Gasteiger partial charge in [-0.2, -0.15) is 0 Å². The second-order valence-electron chi connectivity index (χ2n) is 6.15. The molecule has 1 saturated heterocycles. The highest BCUT2D eigenvalue weighted by Gasteiger charge is 2.32. The van der Waals surface area contributed by atoms with Gasteiger partial charge in [0, 0.05) is 42.2 Å². The first kappa shape index (κ1) is 16.3. The summed E-state index contributed by atoms with van der Waals surface area (Å²) in [5, 5.41) is 13.7. The average Bonchev–Trinajstić information content (AvgIpc) is 3.39. The van der Waals surface area contributed by atoms with Crippen LogP contribution in [0.5, 0.6) is 0 Å². The normalized spacial score (nSPS) is 19.5. The number of nitrogens with one attached hydrogen (secondary N) is 1. The number of amides is 1. The van der Waals surface area contributed by atoms with E-state index < -0.39 is 4.92 Å². The molecule has 6 nitrogen and oxygen atoms in total. The lowest BCUT2D eigenvalue weighted by Crippen LogP contribution is -2.45. The maximum atomic E-state index is 12.0. The van der Waals surface area contributed by atoms with Crippen molar-refractivity contribution < 1.29 is 9.72 Å². The van der Waals surface area contributed by atoms with E-state index in [1.807, 2.05) is 0 Å². The molecule has 0 bridgehead atoms. The van der Waals surface area contributed by atoms with E-state index >= 15 is 0 Å². The number of rotatable bonds is 6. The zero-order valence-corrected chi connectivity index (χ0v) is 13.8. The van der Waals surface area contributed by atoms with Gasteiger partial charge in [-0.1, -0.05) is 0 Å². The number of nitro benzene ring substituents is 1. The van der Waals surface area contributed by atoms with Gasteiger partial charge in [-0.3, -0.25) is 14.9 Å². The SMILES string of the molecule is O=C(CSc1ccc([N+](=O)[O-])cc1)NC1CCN(C2CC2)CC1. The van der Waals surface area contributed by atoms with Gasteiger partial charge >= 0.3 is 0 Å². The fourth-order valence-electron chi connectivity index (χ4n) is 2.93. The number of hydrogen-bond donors (Lipinski definition) is 1. The number of nitrogens with zero attached hydrogens (tertiary/aromatic N) is 2. The molecule has 0 radical (unpaired) electrons. The van der Waals surface area contributed by atoms with Gasteiger partial charge in [0.15, 0.2) is 0 Å². The van der Waals surface area contributed by atoms with E-state index in [1.54, 1.807) is 12.1 Å². The number of carbonyl (C=O) groups is 1. The van der Waals surface area contributed by atoms with Crippen molar-refractivity contribution in [3.63, 3.8) is 0 Å². The fourth-order valence-corrected chi connectivity index (χ4v) is 3.64. The highest BCUT2D eigenvalue weighted by atomic mass is 32.2. The molecule has 1 aliphatic heterocycles. The van der Waals surface area contributed by atoms with Crippen molar-refractivity contribution in [1.29, 1.82) is 0 Å². The smallest absolute Gasteiger partial charge is 0.269 e. The third-order valence-corrected chi connectivity index (χ3v) is 5.39. The van der Waals surface area contributed by atoms with E-state index in [4.69, 9.17) is 0 Å². The van der Waals surface area contributed by atoms with Gasteiger partial charge in [-0.15, -0.1) is 11.8 Å². The molecule has 1 aromatic carbocycles. The maximum absolute atomic E-state index is 12.0. The quantitative estimate of drug-likeness (QED) is 0.491. The van der Waals surface area contributed by atoms with E-state index in [9.17, 15) is 14.9 Å². The third kappa shape index (κ3) is 4.68. The van der Waals surface area contributed by atoms with E-state index in [2.05, 4.69) is 10.2 Å². The summed E-state index contributed by atoms with van der Waals surface area (Å²) in [6.07, 6.45) is 4.74. The number of benzene rings is 1. The molecular weight excluding hydrogens is 314 g/mol. The Labute approximate surface area is 139 Å².